The second kappa shape index (κ2) is 13.3. The van der Waals surface area contributed by atoms with Gasteiger partial charge in [0.2, 0.25) is 0 Å². The van der Waals surface area contributed by atoms with E-state index in [1.165, 1.54) is 43.9 Å². The topological polar surface area (TPSA) is 70.6 Å². The first-order valence-electron chi connectivity index (χ1n) is 9.40. The van der Waals surface area contributed by atoms with Crippen LogP contribution in [0.2, 0.25) is 0 Å². The number of hydrogen-bond acceptors (Lipinski definition) is 6. The predicted octanol–water partition coefficient (Wildman–Crippen LogP) is 3.44. The lowest BCUT2D eigenvalue weighted by molar-refractivity contribution is 0.0914. The Balaban J connectivity index is 1.35. The molecular formula is C19H30N2O3S2. The van der Waals surface area contributed by atoms with Gasteiger partial charge in [0.05, 0.1) is 18.8 Å². The van der Waals surface area contributed by atoms with E-state index in [4.69, 9.17) is 4.74 Å². The molecule has 1 aromatic rings. The number of ether oxygens (including phenoxy) is 1. The molecule has 1 amide bonds. The number of benzene rings is 1. The van der Waals surface area contributed by atoms with Gasteiger partial charge in [-0.15, -0.1) is 0 Å². The normalized spacial score (nSPS) is 16.7. The lowest BCUT2D eigenvalue weighted by Crippen LogP contribution is -2.28. The fourth-order valence-corrected chi connectivity index (χ4v) is 5.76. The maximum atomic E-state index is 11.9. The van der Waals surface area contributed by atoms with Crippen molar-refractivity contribution in [2.24, 2.45) is 0 Å². The molecule has 1 atom stereocenters. The van der Waals surface area contributed by atoms with Crippen molar-refractivity contribution >= 4 is 27.5 Å². The third kappa shape index (κ3) is 8.66. The zero-order valence-corrected chi connectivity index (χ0v) is 16.9. The van der Waals surface area contributed by atoms with Gasteiger partial charge >= 0.3 is 0 Å². The minimum absolute atomic E-state index is 0.00370. The van der Waals surface area contributed by atoms with E-state index in [9.17, 15) is 9.90 Å². The quantitative estimate of drug-likeness (QED) is 0.349. The Bertz CT molecular complexity index is 525. The van der Waals surface area contributed by atoms with E-state index < -0.39 is 0 Å². The van der Waals surface area contributed by atoms with Crippen LogP contribution in [0.1, 0.15) is 42.5 Å². The van der Waals surface area contributed by atoms with Gasteiger partial charge in [0.1, 0.15) is 5.75 Å². The van der Waals surface area contributed by atoms with Crippen molar-refractivity contribution in [2.75, 3.05) is 38.6 Å². The molecular weight excluding hydrogens is 368 g/mol. The molecule has 1 heterocycles. The maximum Gasteiger partial charge on any atom is 0.255 e. The maximum absolute atomic E-state index is 11.9. The molecule has 7 heteroatoms. The van der Waals surface area contributed by atoms with Gasteiger partial charge in [0.25, 0.3) is 5.91 Å². The van der Waals surface area contributed by atoms with Crippen molar-refractivity contribution in [3.63, 3.8) is 0 Å². The molecule has 0 aliphatic carbocycles. The SMILES string of the molecule is O=C(NCCOCCNCCCCC[C@H]1CCSS1)c1ccccc1O. The van der Waals surface area contributed by atoms with Gasteiger partial charge in [-0.1, -0.05) is 46.6 Å². The van der Waals surface area contributed by atoms with Crippen LogP contribution in [0, 0.1) is 0 Å². The van der Waals surface area contributed by atoms with Crippen LogP contribution in [0.4, 0.5) is 0 Å². The van der Waals surface area contributed by atoms with Gasteiger partial charge in [0.15, 0.2) is 0 Å². The Morgan fingerprint density at radius 2 is 2.00 bits per heavy atom. The summed E-state index contributed by atoms with van der Waals surface area (Å²) >= 11 is 0. The van der Waals surface area contributed by atoms with E-state index in [-0.39, 0.29) is 11.7 Å². The molecule has 0 bridgehead atoms. The number of para-hydroxylation sites is 1. The Kier molecular flexibility index (Phi) is 11.0. The van der Waals surface area contributed by atoms with Crippen LogP contribution in [0.25, 0.3) is 0 Å². The molecule has 26 heavy (non-hydrogen) atoms. The van der Waals surface area contributed by atoms with E-state index in [2.05, 4.69) is 21.4 Å². The monoisotopic (exact) mass is 398 g/mol. The third-order valence-corrected chi connectivity index (χ3v) is 7.22. The fraction of sp³-hybridized carbons (Fsp3) is 0.632. The number of unbranched alkanes of at least 4 members (excludes halogenated alkanes) is 2. The average molecular weight is 399 g/mol. The van der Waals surface area contributed by atoms with Gasteiger partial charge < -0.3 is 20.5 Å². The summed E-state index contributed by atoms with van der Waals surface area (Å²) in [5.41, 5.74) is 0.291. The van der Waals surface area contributed by atoms with Crippen LogP contribution < -0.4 is 10.6 Å². The van der Waals surface area contributed by atoms with E-state index in [1.807, 2.05) is 10.8 Å². The first-order chi connectivity index (χ1) is 12.8. The first kappa shape index (κ1) is 21.4. The number of carbonyl (C=O) groups excluding carboxylic acids is 1. The predicted molar refractivity (Wildman–Crippen MR) is 111 cm³/mol. The summed E-state index contributed by atoms with van der Waals surface area (Å²) in [6.45, 7) is 3.42. The van der Waals surface area contributed by atoms with Crippen LogP contribution in [-0.4, -0.2) is 54.9 Å². The van der Waals surface area contributed by atoms with Crippen LogP contribution >= 0.6 is 21.6 Å². The molecule has 0 radical (unpaired) electrons. The lowest BCUT2D eigenvalue weighted by Gasteiger charge is -2.09. The highest BCUT2D eigenvalue weighted by atomic mass is 33.1. The van der Waals surface area contributed by atoms with Crippen LogP contribution in [0.3, 0.4) is 0 Å². The first-order valence-corrected chi connectivity index (χ1v) is 11.8. The summed E-state index contributed by atoms with van der Waals surface area (Å²) in [7, 11) is 4.09. The summed E-state index contributed by atoms with van der Waals surface area (Å²) < 4.78 is 5.50. The van der Waals surface area contributed by atoms with Crippen LogP contribution in [0.15, 0.2) is 24.3 Å². The highest BCUT2D eigenvalue weighted by Crippen LogP contribution is 2.39. The molecule has 3 N–H and O–H groups in total. The Hall–Kier alpha value is -0.890. The van der Waals surface area contributed by atoms with Crippen LogP contribution in [-0.2, 0) is 4.74 Å². The number of aromatic hydroxyl groups is 1. The zero-order chi connectivity index (χ0) is 18.5. The Labute approximate surface area is 164 Å². The summed E-state index contributed by atoms with van der Waals surface area (Å²) in [6.07, 6.45) is 6.62. The van der Waals surface area contributed by atoms with Crippen molar-refractivity contribution < 1.29 is 14.6 Å². The van der Waals surface area contributed by atoms with Crippen molar-refractivity contribution in [3.8, 4) is 5.75 Å². The summed E-state index contributed by atoms with van der Waals surface area (Å²) in [5.74, 6) is 1.05. The molecule has 1 aromatic carbocycles. The van der Waals surface area contributed by atoms with Crippen LogP contribution in [0.5, 0.6) is 5.75 Å². The summed E-state index contributed by atoms with van der Waals surface area (Å²) in [5, 5.41) is 16.6. The molecule has 1 aliphatic heterocycles. The van der Waals surface area contributed by atoms with Crippen molar-refractivity contribution in [2.45, 2.75) is 37.4 Å². The summed E-state index contributed by atoms with van der Waals surface area (Å²) in [4.78, 5) is 11.9. The summed E-state index contributed by atoms with van der Waals surface area (Å²) in [6, 6.07) is 6.52. The number of rotatable bonds is 13. The molecule has 0 spiro atoms. The zero-order valence-electron chi connectivity index (χ0n) is 15.2. The second-order valence-electron chi connectivity index (χ2n) is 6.31. The molecule has 1 saturated heterocycles. The highest BCUT2D eigenvalue weighted by molar-refractivity contribution is 8.77. The third-order valence-electron chi connectivity index (χ3n) is 4.21. The largest absolute Gasteiger partial charge is 0.507 e. The van der Waals surface area contributed by atoms with E-state index >= 15 is 0 Å². The van der Waals surface area contributed by atoms with Crippen molar-refractivity contribution in [3.05, 3.63) is 29.8 Å². The minimum atomic E-state index is -0.278. The average Bonchev–Trinajstić information content (AvgIpc) is 3.16. The molecule has 146 valence electrons. The van der Waals surface area contributed by atoms with E-state index in [0.717, 1.165) is 18.3 Å². The number of carbonyl (C=O) groups is 1. The number of phenolic OH excluding ortho intramolecular Hbond substituents is 1. The second-order valence-corrected chi connectivity index (χ2v) is 9.10. The lowest BCUT2D eigenvalue weighted by atomic mass is 10.1. The van der Waals surface area contributed by atoms with Gasteiger partial charge in [-0.05, 0) is 37.9 Å². The number of hydrogen-bond donors (Lipinski definition) is 3. The minimum Gasteiger partial charge on any atom is -0.507 e. The molecule has 1 aliphatic rings. The standard InChI is InChI=1S/C19H30N2O3S2/c22-18-8-4-3-7-17(18)19(23)21-12-14-24-13-11-20-10-5-1-2-6-16-9-15-25-26-16/h3-4,7-8,16,20,22H,1-2,5-6,9-15H2,(H,21,23)/t16-/m0/s1. The highest BCUT2D eigenvalue weighted by Gasteiger charge is 2.15. The fourth-order valence-electron chi connectivity index (χ4n) is 2.73. The van der Waals surface area contributed by atoms with E-state index in [0.29, 0.717) is 25.3 Å². The smallest absolute Gasteiger partial charge is 0.255 e. The molecule has 0 aromatic heterocycles. The molecule has 5 nitrogen and oxygen atoms in total. The molecule has 0 saturated carbocycles. The van der Waals surface area contributed by atoms with Gasteiger partial charge in [-0.2, -0.15) is 0 Å². The van der Waals surface area contributed by atoms with Crippen molar-refractivity contribution in [1.82, 2.24) is 10.6 Å². The van der Waals surface area contributed by atoms with Gasteiger partial charge in [0, 0.05) is 24.1 Å². The van der Waals surface area contributed by atoms with Gasteiger partial charge in [-0.3, -0.25) is 4.79 Å². The number of amides is 1. The molecule has 2 rings (SSSR count). The van der Waals surface area contributed by atoms with Crippen molar-refractivity contribution in [1.29, 1.82) is 0 Å². The molecule has 0 unspecified atom stereocenters. The number of phenols is 1. The number of nitrogens with one attached hydrogen (secondary N) is 2. The Morgan fingerprint density at radius 3 is 2.81 bits per heavy atom. The van der Waals surface area contributed by atoms with E-state index in [1.54, 1.807) is 18.2 Å². The van der Waals surface area contributed by atoms with Gasteiger partial charge in [-0.25, -0.2) is 0 Å². The molecule has 1 fully saturated rings. The Morgan fingerprint density at radius 1 is 1.15 bits per heavy atom.